The predicted octanol–water partition coefficient (Wildman–Crippen LogP) is 1.77. The van der Waals surface area contributed by atoms with Gasteiger partial charge in [-0.1, -0.05) is 6.92 Å². The van der Waals surface area contributed by atoms with E-state index < -0.39 is 0 Å². The van der Waals surface area contributed by atoms with Crippen LogP contribution in [-0.4, -0.2) is 87.9 Å². The lowest BCUT2D eigenvalue weighted by molar-refractivity contribution is 0.121. The first kappa shape index (κ1) is 21.5. The molecular weight excluding hydrogens is 326 g/mol. The number of nitrogens with one attached hydrogen (secondary N) is 2. The molecule has 0 radical (unpaired) electrons. The zero-order valence-corrected chi connectivity index (χ0v) is 17.3. The summed E-state index contributed by atoms with van der Waals surface area (Å²) in [6.45, 7) is 14.2. The summed E-state index contributed by atoms with van der Waals surface area (Å²) in [5.41, 5.74) is 0. The molecule has 6 heteroatoms. The van der Waals surface area contributed by atoms with Crippen molar-refractivity contribution in [3.63, 3.8) is 0 Å². The summed E-state index contributed by atoms with van der Waals surface area (Å²) in [7, 11) is 1.78. The molecule has 0 amide bonds. The minimum Gasteiger partial charge on any atom is -0.383 e. The molecule has 0 aromatic carbocycles. The second-order valence-corrected chi connectivity index (χ2v) is 7.76. The molecule has 2 heterocycles. The highest BCUT2D eigenvalue weighted by Crippen LogP contribution is 2.17. The highest BCUT2D eigenvalue weighted by Gasteiger charge is 2.21. The van der Waals surface area contributed by atoms with Gasteiger partial charge >= 0.3 is 0 Å². The van der Waals surface area contributed by atoms with Gasteiger partial charge in [-0.05, 0) is 64.6 Å². The van der Waals surface area contributed by atoms with E-state index in [9.17, 15) is 0 Å². The Morgan fingerprint density at radius 1 is 1.00 bits per heavy atom. The van der Waals surface area contributed by atoms with Crippen molar-refractivity contribution in [1.29, 1.82) is 0 Å². The van der Waals surface area contributed by atoms with Gasteiger partial charge in [-0.2, -0.15) is 0 Å². The number of piperidine rings is 2. The number of guanidine groups is 1. The Hall–Kier alpha value is -0.850. The van der Waals surface area contributed by atoms with E-state index in [1.54, 1.807) is 7.11 Å². The Kier molecular flexibility index (Phi) is 10.3. The van der Waals surface area contributed by atoms with Crippen molar-refractivity contribution in [2.75, 3.05) is 66.1 Å². The zero-order chi connectivity index (χ0) is 18.6. The molecule has 0 saturated carbocycles. The average molecular weight is 368 g/mol. The van der Waals surface area contributed by atoms with Gasteiger partial charge in [-0.15, -0.1) is 0 Å². The lowest BCUT2D eigenvalue weighted by Gasteiger charge is -2.33. The third-order valence-electron chi connectivity index (χ3n) is 5.64. The minimum absolute atomic E-state index is 0.566. The molecule has 0 unspecified atom stereocenters. The van der Waals surface area contributed by atoms with E-state index in [1.807, 2.05) is 0 Å². The van der Waals surface area contributed by atoms with Gasteiger partial charge in [0, 0.05) is 45.9 Å². The van der Waals surface area contributed by atoms with Crippen molar-refractivity contribution in [3.8, 4) is 0 Å². The van der Waals surface area contributed by atoms with E-state index >= 15 is 0 Å². The Bertz CT molecular complexity index is 388. The summed E-state index contributed by atoms with van der Waals surface area (Å²) < 4.78 is 5.19. The van der Waals surface area contributed by atoms with Crippen LogP contribution in [0, 0.1) is 5.92 Å². The smallest absolute Gasteiger partial charge is 0.191 e. The zero-order valence-electron chi connectivity index (χ0n) is 17.3. The van der Waals surface area contributed by atoms with Gasteiger partial charge in [0.25, 0.3) is 0 Å². The second-order valence-electron chi connectivity index (χ2n) is 7.76. The van der Waals surface area contributed by atoms with Gasteiger partial charge in [0.1, 0.15) is 0 Å². The molecule has 2 rings (SSSR count). The Labute approximate surface area is 160 Å². The maximum absolute atomic E-state index is 5.19. The number of hydrogen-bond acceptors (Lipinski definition) is 4. The van der Waals surface area contributed by atoms with E-state index in [2.05, 4.69) is 34.3 Å². The van der Waals surface area contributed by atoms with Crippen LogP contribution in [0.2, 0.25) is 0 Å². The van der Waals surface area contributed by atoms with Crippen molar-refractivity contribution >= 4 is 5.96 Å². The molecule has 0 aliphatic carbocycles. The van der Waals surface area contributed by atoms with E-state index in [1.165, 1.54) is 64.8 Å². The van der Waals surface area contributed by atoms with Crippen LogP contribution in [-0.2, 0) is 4.74 Å². The van der Waals surface area contributed by atoms with E-state index in [4.69, 9.17) is 9.73 Å². The van der Waals surface area contributed by atoms with Gasteiger partial charge in [-0.3, -0.25) is 4.99 Å². The number of likely N-dealkylation sites (tertiary alicyclic amines) is 2. The monoisotopic (exact) mass is 367 g/mol. The van der Waals surface area contributed by atoms with Gasteiger partial charge in [0.05, 0.1) is 6.61 Å². The molecule has 2 N–H and O–H groups in total. The fourth-order valence-corrected chi connectivity index (χ4v) is 3.96. The molecule has 152 valence electrons. The highest BCUT2D eigenvalue weighted by molar-refractivity contribution is 5.80. The topological polar surface area (TPSA) is 52.1 Å². The molecule has 2 aliphatic rings. The third-order valence-corrected chi connectivity index (χ3v) is 5.64. The molecule has 2 saturated heterocycles. The standard InChI is InChI=1S/C20H41N5O/c1-4-10-24-13-8-19(9-14-24)23-20(21-5-2)22-17-18-6-11-25(12-7-18)15-16-26-3/h18-19H,4-17H2,1-3H3,(H2,21,22,23). The summed E-state index contributed by atoms with van der Waals surface area (Å²) in [6, 6.07) is 0.566. The average Bonchev–Trinajstić information content (AvgIpc) is 2.67. The second kappa shape index (κ2) is 12.5. The number of nitrogens with zero attached hydrogens (tertiary/aromatic N) is 3. The van der Waals surface area contributed by atoms with Gasteiger partial charge < -0.3 is 25.2 Å². The normalized spacial score (nSPS) is 21.9. The molecule has 0 spiro atoms. The van der Waals surface area contributed by atoms with Crippen molar-refractivity contribution in [2.45, 2.75) is 52.0 Å². The molecule has 2 fully saturated rings. The van der Waals surface area contributed by atoms with Crippen LogP contribution in [0.25, 0.3) is 0 Å². The Morgan fingerprint density at radius 3 is 2.27 bits per heavy atom. The van der Waals surface area contributed by atoms with Crippen molar-refractivity contribution in [2.24, 2.45) is 10.9 Å². The predicted molar refractivity (Wildman–Crippen MR) is 110 cm³/mol. The summed E-state index contributed by atoms with van der Waals surface area (Å²) >= 11 is 0. The largest absolute Gasteiger partial charge is 0.383 e. The van der Waals surface area contributed by atoms with E-state index in [0.717, 1.165) is 38.1 Å². The van der Waals surface area contributed by atoms with Crippen LogP contribution in [0.15, 0.2) is 4.99 Å². The molecule has 0 atom stereocenters. The Morgan fingerprint density at radius 2 is 1.65 bits per heavy atom. The number of rotatable bonds is 9. The van der Waals surface area contributed by atoms with Crippen LogP contribution in [0.3, 0.4) is 0 Å². The summed E-state index contributed by atoms with van der Waals surface area (Å²) in [5, 5.41) is 7.12. The fourth-order valence-electron chi connectivity index (χ4n) is 3.96. The maximum Gasteiger partial charge on any atom is 0.191 e. The van der Waals surface area contributed by atoms with Crippen LogP contribution in [0.4, 0.5) is 0 Å². The molecule has 0 bridgehead atoms. The molecule has 26 heavy (non-hydrogen) atoms. The van der Waals surface area contributed by atoms with Gasteiger partial charge in [-0.25, -0.2) is 0 Å². The van der Waals surface area contributed by atoms with Crippen molar-refractivity contribution in [1.82, 2.24) is 20.4 Å². The maximum atomic E-state index is 5.19. The van der Waals surface area contributed by atoms with Crippen LogP contribution in [0.5, 0.6) is 0 Å². The molecule has 2 aliphatic heterocycles. The third kappa shape index (κ3) is 7.80. The summed E-state index contributed by atoms with van der Waals surface area (Å²) in [6.07, 6.45) is 6.21. The SMILES string of the molecule is CCCN1CCC(NC(=NCC2CCN(CCOC)CC2)NCC)CC1. The molecule has 0 aromatic heterocycles. The van der Waals surface area contributed by atoms with Gasteiger partial charge in [0.15, 0.2) is 5.96 Å². The van der Waals surface area contributed by atoms with Crippen LogP contribution >= 0.6 is 0 Å². The minimum atomic E-state index is 0.566. The summed E-state index contributed by atoms with van der Waals surface area (Å²) in [4.78, 5) is 10.0. The molecular formula is C20H41N5O. The lowest BCUT2D eigenvalue weighted by atomic mass is 9.97. The van der Waals surface area contributed by atoms with Crippen LogP contribution in [0.1, 0.15) is 46.0 Å². The highest BCUT2D eigenvalue weighted by atomic mass is 16.5. The molecule has 6 nitrogen and oxygen atoms in total. The number of methoxy groups -OCH3 is 1. The first-order chi connectivity index (χ1) is 12.7. The number of ether oxygens (including phenoxy) is 1. The quantitative estimate of drug-likeness (QED) is 0.481. The molecule has 0 aromatic rings. The van der Waals surface area contributed by atoms with Gasteiger partial charge in [0.2, 0.25) is 0 Å². The fraction of sp³-hybridized carbons (Fsp3) is 0.950. The van der Waals surface area contributed by atoms with E-state index in [0.29, 0.717) is 6.04 Å². The number of aliphatic imine (C=N–C) groups is 1. The van der Waals surface area contributed by atoms with Crippen molar-refractivity contribution < 1.29 is 4.74 Å². The van der Waals surface area contributed by atoms with Crippen molar-refractivity contribution in [3.05, 3.63) is 0 Å². The first-order valence-electron chi connectivity index (χ1n) is 10.7. The number of hydrogen-bond donors (Lipinski definition) is 2. The lowest BCUT2D eigenvalue weighted by Crippen LogP contribution is -2.49. The van der Waals surface area contributed by atoms with Crippen LogP contribution < -0.4 is 10.6 Å². The summed E-state index contributed by atoms with van der Waals surface area (Å²) in [5.74, 6) is 1.74. The Balaban J connectivity index is 1.71. The van der Waals surface area contributed by atoms with E-state index in [-0.39, 0.29) is 0 Å². The first-order valence-corrected chi connectivity index (χ1v) is 10.7.